The molecule has 1 rings (SSSR count). The van der Waals surface area contributed by atoms with Crippen LogP contribution in [0.15, 0.2) is 18.2 Å². The first kappa shape index (κ1) is 15.0. The molecule has 0 radical (unpaired) electrons. The molecule has 0 aliphatic carbocycles. The third-order valence-electron chi connectivity index (χ3n) is 2.37. The first-order valence-corrected chi connectivity index (χ1v) is 5.83. The van der Waals surface area contributed by atoms with Gasteiger partial charge >= 0.3 is 11.9 Å². The third-order valence-corrected chi connectivity index (χ3v) is 2.37. The lowest BCUT2D eigenvalue weighted by atomic mass is 10.1. The standard InChI is InChI=1S/C13H16O6/c1-2-19-12(15)8-18-6-5-9-7-10(13(16)17)3-4-11(9)14/h3-4,7,14H,2,5-6,8H2,1H3,(H,16,17). The number of phenolic OH excluding ortho intramolecular Hbond substituents is 1. The summed E-state index contributed by atoms with van der Waals surface area (Å²) in [5, 5.41) is 18.4. The maximum absolute atomic E-state index is 11.0. The normalized spacial score (nSPS) is 10.2. The fraction of sp³-hybridized carbons (Fsp3) is 0.385. The van der Waals surface area contributed by atoms with E-state index < -0.39 is 11.9 Å². The molecule has 0 aromatic heterocycles. The number of rotatable bonds is 7. The molecule has 0 heterocycles. The predicted molar refractivity (Wildman–Crippen MR) is 66.2 cm³/mol. The Bertz CT molecular complexity index is 454. The van der Waals surface area contributed by atoms with Gasteiger partial charge in [0, 0.05) is 0 Å². The van der Waals surface area contributed by atoms with Crippen LogP contribution in [0.1, 0.15) is 22.8 Å². The summed E-state index contributed by atoms with van der Waals surface area (Å²) >= 11 is 0. The third kappa shape index (κ3) is 4.97. The van der Waals surface area contributed by atoms with E-state index in [2.05, 4.69) is 4.74 Å². The monoisotopic (exact) mass is 268 g/mol. The zero-order chi connectivity index (χ0) is 14.3. The average molecular weight is 268 g/mol. The Hall–Kier alpha value is -2.08. The van der Waals surface area contributed by atoms with Crippen molar-refractivity contribution in [2.75, 3.05) is 19.8 Å². The van der Waals surface area contributed by atoms with Crippen LogP contribution in [0.5, 0.6) is 5.75 Å². The Labute approximate surface area is 110 Å². The van der Waals surface area contributed by atoms with Gasteiger partial charge < -0.3 is 19.7 Å². The van der Waals surface area contributed by atoms with Crippen LogP contribution >= 0.6 is 0 Å². The number of carbonyl (C=O) groups is 2. The molecule has 0 saturated heterocycles. The van der Waals surface area contributed by atoms with Crippen LogP contribution in [-0.4, -0.2) is 42.0 Å². The number of hydrogen-bond acceptors (Lipinski definition) is 5. The van der Waals surface area contributed by atoms with E-state index in [1.807, 2.05) is 0 Å². The molecular weight excluding hydrogens is 252 g/mol. The highest BCUT2D eigenvalue weighted by molar-refractivity contribution is 5.88. The molecule has 0 unspecified atom stereocenters. The number of ether oxygens (including phenoxy) is 2. The summed E-state index contributed by atoms with van der Waals surface area (Å²) in [4.78, 5) is 21.8. The highest BCUT2D eigenvalue weighted by Crippen LogP contribution is 2.19. The van der Waals surface area contributed by atoms with Crippen molar-refractivity contribution < 1.29 is 29.3 Å². The number of esters is 1. The van der Waals surface area contributed by atoms with Gasteiger partial charge in [-0.05, 0) is 37.1 Å². The first-order valence-electron chi connectivity index (χ1n) is 5.83. The second-order valence-corrected chi connectivity index (χ2v) is 3.76. The Balaban J connectivity index is 2.46. The summed E-state index contributed by atoms with van der Waals surface area (Å²) in [5.74, 6) is -1.51. The van der Waals surface area contributed by atoms with Crippen LogP contribution in [0.3, 0.4) is 0 Å². The Morgan fingerprint density at radius 3 is 2.68 bits per heavy atom. The smallest absolute Gasteiger partial charge is 0.335 e. The molecule has 0 spiro atoms. The van der Waals surface area contributed by atoms with Gasteiger partial charge in [-0.1, -0.05) is 0 Å². The largest absolute Gasteiger partial charge is 0.508 e. The van der Waals surface area contributed by atoms with E-state index in [-0.39, 0.29) is 24.5 Å². The van der Waals surface area contributed by atoms with Gasteiger partial charge in [0.05, 0.1) is 18.8 Å². The van der Waals surface area contributed by atoms with Crippen molar-refractivity contribution in [2.24, 2.45) is 0 Å². The van der Waals surface area contributed by atoms with Crippen molar-refractivity contribution in [1.82, 2.24) is 0 Å². The number of hydrogen-bond donors (Lipinski definition) is 2. The van der Waals surface area contributed by atoms with E-state index in [0.29, 0.717) is 18.6 Å². The minimum Gasteiger partial charge on any atom is -0.508 e. The van der Waals surface area contributed by atoms with E-state index in [1.165, 1.54) is 18.2 Å². The van der Waals surface area contributed by atoms with Crippen LogP contribution in [-0.2, 0) is 20.7 Å². The second kappa shape index (κ2) is 7.38. The van der Waals surface area contributed by atoms with E-state index in [9.17, 15) is 14.7 Å². The maximum Gasteiger partial charge on any atom is 0.335 e. The van der Waals surface area contributed by atoms with Crippen molar-refractivity contribution >= 4 is 11.9 Å². The molecule has 1 aromatic carbocycles. The number of phenols is 1. The lowest BCUT2D eigenvalue weighted by Gasteiger charge is -2.07. The molecular formula is C13H16O6. The molecule has 2 N–H and O–H groups in total. The van der Waals surface area contributed by atoms with Crippen molar-refractivity contribution in [1.29, 1.82) is 0 Å². The molecule has 0 aliphatic rings. The van der Waals surface area contributed by atoms with Crippen molar-refractivity contribution in [2.45, 2.75) is 13.3 Å². The van der Waals surface area contributed by atoms with Gasteiger partial charge in [-0.3, -0.25) is 0 Å². The lowest BCUT2D eigenvalue weighted by molar-refractivity contribution is -0.148. The zero-order valence-electron chi connectivity index (χ0n) is 10.6. The zero-order valence-corrected chi connectivity index (χ0v) is 10.6. The molecule has 0 aliphatic heterocycles. The maximum atomic E-state index is 11.0. The van der Waals surface area contributed by atoms with Gasteiger partial charge in [0.15, 0.2) is 0 Å². The van der Waals surface area contributed by atoms with Gasteiger partial charge in [0.2, 0.25) is 0 Å². The Morgan fingerprint density at radius 2 is 2.05 bits per heavy atom. The summed E-state index contributed by atoms with van der Waals surface area (Å²) < 4.78 is 9.75. The lowest BCUT2D eigenvalue weighted by Crippen LogP contribution is -2.13. The van der Waals surface area contributed by atoms with Gasteiger partial charge in [-0.25, -0.2) is 9.59 Å². The van der Waals surface area contributed by atoms with Crippen LogP contribution in [0.2, 0.25) is 0 Å². The quantitative estimate of drug-likeness (QED) is 0.570. The van der Waals surface area contributed by atoms with Crippen molar-refractivity contribution in [3.8, 4) is 5.75 Å². The molecule has 0 bridgehead atoms. The molecule has 0 saturated carbocycles. The SMILES string of the molecule is CCOC(=O)COCCc1cc(C(=O)O)ccc1O. The van der Waals surface area contributed by atoms with E-state index in [4.69, 9.17) is 9.84 Å². The highest BCUT2D eigenvalue weighted by Gasteiger charge is 2.08. The molecule has 6 nitrogen and oxygen atoms in total. The number of carboxylic acids is 1. The number of carboxylic acid groups (broad SMARTS) is 1. The minimum absolute atomic E-state index is 0.00438. The Kier molecular flexibility index (Phi) is 5.81. The summed E-state index contributed by atoms with van der Waals surface area (Å²) in [7, 11) is 0. The van der Waals surface area contributed by atoms with Gasteiger partial charge in [0.1, 0.15) is 12.4 Å². The van der Waals surface area contributed by atoms with Gasteiger partial charge in [-0.15, -0.1) is 0 Å². The molecule has 104 valence electrons. The first-order chi connectivity index (χ1) is 9.04. The number of carbonyl (C=O) groups excluding carboxylic acids is 1. The van der Waals surface area contributed by atoms with Crippen LogP contribution in [0.25, 0.3) is 0 Å². The highest BCUT2D eigenvalue weighted by atomic mass is 16.6. The molecule has 0 amide bonds. The van der Waals surface area contributed by atoms with Crippen molar-refractivity contribution in [3.63, 3.8) is 0 Å². The number of aromatic carboxylic acids is 1. The van der Waals surface area contributed by atoms with E-state index in [1.54, 1.807) is 6.92 Å². The van der Waals surface area contributed by atoms with Crippen LogP contribution in [0.4, 0.5) is 0 Å². The molecule has 0 atom stereocenters. The summed E-state index contributed by atoms with van der Waals surface area (Å²) in [6.45, 7) is 2.03. The number of benzene rings is 1. The fourth-order valence-electron chi connectivity index (χ4n) is 1.46. The topological polar surface area (TPSA) is 93.1 Å². The van der Waals surface area contributed by atoms with E-state index in [0.717, 1.165) is 0 Å². The van der Waals surface area contributed by atoms with E-state index >= 15 is 0 Å². The Morgan fingerprint density at radius 1 is 1.32 bits per heavy atom. The molecule has 6 heteroatoms. The summed E-state index contributed by atoms with van der Waals surface area (Å²) in [6, 6.07) is 4.02. The molecule has 1 aromatic rings. The summed E-state index contributed by atoms with van der Waals surface area (Å²) in [5.41, 5.74) is 0.557. The summed E-state index contributed by atoms with van der Waals surface area (Å²) in [6.07, 6.45) is 0.312. The predicted octanol–water partition coefficient (Wildman–Crippen LogP) is 1.21. The second-order valence-electron chi connectivity index (χ2n) is 3.76. The molecule has 0 fully saturated rings. The minimum atomic E-state index is -1.06. The molecule has 19 heavy (non-hydrogen) atoms. The van der Waals surface area contributed by atoms with Crippen LogP contribution in [0, 0.1) is 0 Å². The fourth-order valence-corrected chi connectivity index (χ4v) is 1.46. The number of aromatic hydroxyl groups is 1. The average Bonchev–Trinajstić information content (AvgIpc) is 2.36. The van der Waals surface area contributed by atoms with Crippen LogP contribution < -0.4 is 0 Å². The van der Waals surface area contributed by atoms with Gasteiger partial charge in [-0.2, -0.15) is 0 Å². The van der Waals surface area contributed by atoms with Crippen molar-refractivity contribution in [3.05, 3.63) is 29.3 Å². The van der Waals surface area contributed by atoms with Gasteiger partial charge in [0.25, 0.3) is 0 Å².